The summed E-state index contributed by atoms with van der Waals surface area (Å²) in [6.45, 7) is 1.60. The van der Waals surface area contributed by atoms with Crippen molar-refractivity contribution >= 4 is 40.8 Å². The van der Waals surface area contributed by atoms with E-state index >= 15 is 0 Å². The van der Waals surface area contributed by atoms with E-state index in [4.69, 9.17) is 32.7 Å². The van der Waals surface area contributed by atoms with Crippen LogP contribution in [0.15, 0.2) is 36.4 Å². The molecule has 132 valence electrons. The van der Waals surface area contributed by atoms with Crippen molar-refractivity contribution in [2.24, 2.45) is 0 Å². The molecule has 0 bridgehead atoms. The van der Waals surface area contributed by atoms with Gasteiger partial charge in [-0.25, -0.2) is 4.79 Å². The summed E-state index contributed by atoms with van der Waals surface area (Å²) in [4.78, 5) is 24.0. The van der Waals surface area contributed by atoms with Gasteiger partial charge in [-0.3, -0.25) is 4.79 Å². The van der Waals surface area contributed by atoms with Crippen LogP contribution in [0.1, 0.15) is 22.8 Å². The third kappa shape index (κ3) is 5.11. The van der Waals surface area contributed by atoms with Crippen LogP contribution >= 0.6 is 23.2 Å². The van der Waals surface area contributed by atoms with Crippen molar-refractivity contribution in [3.05, 3.63) is 57.6 Å². The van der Waals surface area contributed by atoms with Crippen molar-refractivity contribution in [2.75, 3.05) is 19.0 Å². The minimum absolute atomic E-state index is 0.136. The van der Waals surface area contributed by atoms with E-state index in [1.54, 1.807) is 6.07 Å². The molecular formula is C18H17Cl2NO4. The van der Waals surface area contributed by atoms with Crippen LogP contribution in [0.4, 0.5) is 5.69 Å². The van der Waals surface area contributed by atoms with Gasteiger partial charge in [0.05, 0.1) is 22.7 Å². The van der Waals surface area contributed by atoms with Crippen LogP contribution in [0, 0.1) is 0 Å². The van der Waals surface area contributed by atoms with Crippen molar-refractivity contribution in [3.8, 4) is 5.75 Å². The van der Waals surface area contributed by atoms with Gasteiger partial charge in [0.2, 0.25) is 0 Å². The average molecular weight is 382 g/mol. The number of nitrogens with one attached hydrogen (secondary N) is 1. The molecule has 1 amide bonds. The van der Waals surface area contributed by atoms with Gasteiger partial charge in [0, 0.05) is 5.69 Å². The van der Waals surface area contributed by atoms with Crippen LogP contribution in [0.25, 0.3) is 0 Å². The number of hydrogen-bond donors (Lipinski definition) is 1. The number of hydrogen-bond acceptors (Lipinski definition) is 4. The van der Waals surface area contributed by atoms with Gasteiger partial charge in [-0.1, -0.05) is 42.3 Å². The van der Waals surface area contributed by atoms with Crippen LogP contribution in [0.2, 0.25) is 10.0 Å². The fourth-order valence-corrected chi connectivity index (χ4v) is 2.79. The van der Waals surface area contributed by atoms with Crippen LogP contribution in [-0.4, -0.2) is 25.6 Å². The molecule has 1 N–H and O–H groups in total. The highest BCUT2D eigenvalue weighted by Crippen LogP contribution is 2.33. The van der Waals surface area contributed by atoms with Gasteiger partial charge >= 0.3 is 5.97 Å². The lowest BCUT2D eigenvalue weighted by Crippen LogP contribution is -2.21. The van der Waals surface area contributed by atoms with E-state index in [0.717, 1.165) is 12.0 Å². The normalized spacial score (nSPS) is 10.2. The molecule has 2 aromatic rings. The maximum atomic E-state index is 12.0. The summed E-state index contributed by atoms with van der Waals surface area (Å²) in [6.07, 6.45) is 0.859. The first-order chi connectivity index (χ1) is 11.9. The molecule has 7 heteroatoms. The van der Waals surface area contributed by atoms with Gasteiger partial charge in [-0.15, -0.1) is 0 Å². The molecule has 0 aliphatic carbocycles. The summed E-state index contributed by atoms with van der Waals surface area (Å²) in [5.41, 5.74) is 1.88. The molecule has 2 rings (SSSR count). The number of aryl methyl sites for hydroxylation is 1. The zero-order chi connectivity index (χ0) is 18.4. The summed E-state index contributed by atoms with van der Waals surface area (Å²) in [5.74, 6) is -0.871. The predicted molar refractivity (Wildman–Crippen MR) is 97.7 cm³/mol. The van der Waals surface area contributed by atoms with Crippen LogP contribution in [0.3, 0.4) is 0 Å². The molecule has 0 aliphatic rings. The van der Waals surface area contributed by atoms with Crippen LogP contribution in [0.5, 0.6) is 5.75 Å². The van der Waals surface area contributed by atoms with E-state index in [2.05, 4.69) is 5.32 Å². The lowest BCUT2D eigenvalue weighted by molar-refractivity contribution is -0.119. The SMILES string of the molecule is CCc1cccc(NC(=O)COC(=O)c2cc(Cl)c(OC)c(Cl)c2)c1. The van der Waals surface area contributed by atoms with Gasteiger partial charge in [0.1, 0.15) is 0 Å². The summed E-state index contributed by atoms with van der Waals surface area (Å²) >= 11 is 12.0. The highest BCUT2D eigenvalue weighted by molar-refractivity contribution is 6.37. The first kappa shape index (κ1) is 19.1. The maximum Gasteiger partial charge on any atom is 0.338 e. The molecule has 5 nitrogen and oxygen atoms in total. The number of anilines is 1. The highest BCUT2D eigenvalue weighted by Gasteiger charge is 2.16. The Morgan fingerprint density at radius 1 is 1.12 bits per heavy atom. The fourth-order valence-electron chi connectivity index (χ4n) is 2.15. The average Bonchev–Trinajstić information content (AvgIpc) is 2.59. The number of esters is 1. The largest absolute Gasteiger partial charge is 0.494 e. The van der Waals surface area contributed by atoms with Gasteiger partial charge in [-0.2, -0.15) is 0 Å². The number of carbonyl (C=O) groups is 2. The van der Waals surface area contributed by atoms with Crippen LogP contribution in [-0.2, 0) is 16.0 Å². The Bertz CT molecular complexity index is 769. The van der Waals surface area contributed by atoms with Gasteiger partial charge in [-0.05, 0) is 36.2 Å². The minimum Gasteiger partial charge on any atom is -0.494 e. The molecule has 0 saturated carbocycles. The number of methoxy groups -OCH3 is 1. The van der Waals surface area contributed by atoms with Crippen molar-refractivity contribution in [1.29, 1.82) is 0 Å². The third-order valence-corrected chi connectivity index (χ3v) is 3.95. The Hall–Kier alpha value is -2.24. The number of amides is 1. The smallest absolute Gasteiger partial charge is 0.338 e. The molecule has 0 heterocycles. The minimum atomic E-state index is -0.705. The van der Waals surface area contributed by atoms with Crippen molar-refractivity contribution in [2.45, 2.75) is 13.3 Å². The number of benzene rings is 2. The predicted octanol–water partition coefficient (Wildman–Crippen LogP) is 4.36. The molecule has 0 aliphatic heterocycles. The lowest BCUT2D eigenvalue weighted by Gasteiger charge is -2.10. The number of halogens is 2. The van der Waals surface area contributed by atoms with Gasteiger partial charge < -0.3 is 14.8 Å². The molecule has 0 unspecified atom stereocenters. The van der Waals surface area contributed by atoms with E-state index in [9.17, 15) is 9.59 Å². The van der Waals surface area contributed by atoms with Crippen LogP contribution < -0.4 is 10.1 Å². The Kier molecular flexibility index (Phi) is 6.67. The summed E-state index contributed by atoms with van der Waals surface area (Å²) in [5, 5.41) is 3.04. The van der Waals surface area contributed by atoms with E-state index < -0.39 is 18.5 Å². The molecule has 0 atom stereocenters. The number of carbonyl (C=O) groups excluding carboxylic acids is 2. The number of rotatable bonds is 6. The molecule has 0 saturated heterocycles. The summed E-state index contributed by atoms with van der Waals surface area (Å²) < 4.78 is 10.0. The van der Waals surface area contributed by atoms with Crippen molar-refractivity contribution in [1.82, 2.24) is 0 Å². The van der Waals surface area contributed by atoms with E-state index in [1.807, 2.05) is 25.1 Å². The molecule has 0 spiro atoms. The Morgan fingerprint density at radius 2 is 1.80 bits per heavy atom. The van der Waals surface area contributed by atoms with Gasteiger partial charge in [0.15, 0.2) is 12.4 Å². The highest BCUT2D eigenvalue weighted by atomic mass is 35.5. The second-order valence-electron chi connectivity index (χ2n) is 5.15. The molecule has 25 heavy (non-hydrogen) atoms. The van der Waals surface area contributed by atoms with Crippen molar-refractivity contribution < 1.29 is 19.1 Å². The van der Waals surface area contributed by atoms with E-state index in [1.165, 1.54) is 19.2 Å². The Morgan fingerprint density at radius 3 is 2.40 bits per heavy atom. The summed E-state index contributed by atoms with van der Waals surface area (Å²) in [7, 11) is 1.42. The lowest BCUT2D eigenvalue weighted by atomic mass is 10.1. The summed E-state index contributed by atoms with van der Waals surface area (Å²) in [6, 6.07) is 10.2. The standard InChI is InChI=1S/C18H17Cl2NO4/c1-3-11-5-4-6-13(7-11)21-16(22)10-25-18(23)12-8-14(19)17(24-2)15(20)9-12/h4-9H,3,10H2,1-2H3,(H,21,22). The first-order valence-corrected chi connectivity index (χ1v) is 8.29. The maximum absolute atomic E-state index is 12.0. The second-order valence-corrected chi connectivity index (χ2v) is 5.97. The second kappa shape index (κ2) is 8.74. The zero-order valence-electron chi connectivity index (χ0n) is 13.8. The molecule has 2 aromatic carbocycles. The Balaban J connectivity index is 1.96. The first-order valence-electron chi connectivity index (χ1n) is 7.53. The van der Waals surface area contributed by atoms with Crippen molar-refractivity contribution in [3.63, 3.8) is 0 Å². The van der Waals surface area contributed by atoms with E-state index in [-0.39, 0.29) is 21.4 Å². The molecule has 0 radical (unpaired) electrons. The monoisotopic (exact) mass is 381 g/mol. The molecule has 0 fully saturated rings. The molecular weight excluding hydrogens is 365 g/mol. The fraction of sp³-hybridized carbons (Fsp3) is 0.222. The van der Waals surface area contributed by atoms with Gasteiger partial charge in [0.25, 0.3) is 5.91 Å². The quantitative estimate of drug-likeness (QED) is 0.754. The van der Waals surface area contributed by atoms with E-state index in [0.29, 0.717) is 5.69 Å². The Labute approximate surface area is 155 Å². The zero-order valence-corrected chi connectivity index (χ0v) is 15.3. The third-order valence-electron chi connectivity index (χ3n) is 3.39. The molecule has 0 aromatic heterocycles. The topological polar surface area (TPSA) is 64.6 Å². The number of ether oxygens (including phenoxy) is 2.